The first-order chi connectivity index (χ1) is 2.64. The fraction of sp³-hybridized carbons (Fsp3) is 0. The molecule has 8 heavy (non-hydrogen) atoms. The molecule has 0 aliphatic heterocycles. The zero-order valence-electron chi connectivity index (χ0n) is 3.75. The molecule has 0 radical (unpaired) electrons. The van der Waals surface area contributed by atoms with Crippen LogP contribution in [0.15, 0.2) is 0 Å². The summed E-state index contributed by atoms with van der Waals surface area (Å²) in [6, 6.07) is 0. The topological polar surface area (TPSA) is 87.2 Å². The number of hydrogen-bond donors (Lipinski definition) is 3. The first-order valence-corrected chi connectivity index (χ1v) is 1.22. The van der Waals surface area contributed by atoms with Crippen molar-refractivity contribution >= 4 is 36.6 Å². The zero-order valence-corrected chi connectivity index (χ0v) is 5.38. The van der Waals surface area contributed by atoms with E-state index >= 15 is 0 Å². The average molecular weight is 161 g/mol. The van der Waals surface area contributed by atoms with E-state index in [0.717, 1.165) is 0 Å². The largest absolute Gasteiger partial charge is 0.475 e. The highest BCUT2D eigenvalue weighted by Gasteiger charge is 1.94. The molecule has 4 nitrogen and oxygen atoms in total. The molecule has 0 unspecified atom stereocenters. The van der Waals surface area contributed by atoms with Gasteiger partial charge in [-0.05, 0) is 0 Å². The summed E-state index contributed by atoms with van der Waals surface area (Å²) in [5.74, 6) is -2.20. The molecule has 6 heteroatoms. The highest BCUT2D eigenvalue weighted by Crippen LogP contribution is 1.52. The predicted octanol–water partition coefficient (Wildman–Crippen LogP) is -0.149. The third-order valence-corrected chi connectivity index (χ3v) is 0.230. The summed E-state index contributed by atoms with van der Waals surface area (Å²) in [6.07, 6.45) is 0. The molecular formula is C2H6Cl2N2O2. The van der Waals surface area contributed by atoms with Gasteiger partial charge in [0.15, 0.2) is 0 Å². The second kappa shape index (κ2) is 6.52. The Morgan fingerprint density at radius 1 is 1.50 bits per heavy atom. The summed E-state index contributed by atoms with van der Waals surface area (Å²) < 4.78 is 0. The van der Waals surface area contributed by atoms with Gasteiger partial charge in [-0.25, -0.2) is 4.79 Å². The van der Waals surface area contributed by atoms with E-state index in [1.807, 2.05) is 0 Å². The van der Waals surface area contributed by atoms with Crippen molar-refractivity contribution in [3.63, 3.8) is 0 Å². The van der Waals surface area contributed by atoms with Gasteiger partial charge in [-0.2, -0.15) is 0 Å². The SMILES string of the molecule is Cl.Cl.N=C(N)C(=O)O. The van der Waals surface area contributed by atoms with Crippen molar-refractivity contribution in [3.05, 3.63) is 0 Å². The fourth-order valence-corrected chi connectivity index (χ4v) is 0. The van der Waals surface area contributed by atoms with Crippen molar-refractivity contribution in [2.45, 2.75) is 0 Å². The molecule has 0 atom stereocenters. The zero-order chi connectivity index (χ0) is 5.15. The van der Waals surface area contributed by atoms with Gasteiger partial charge in [0.1, 0.15) is 0 Å². The summed E-state index contributed by atoms with van der Waals surface area (Å²) >= 11 is 0. The standard InChI is InChI=1S/C2H4N2O2.2ClH/c3-1(4)2(5)6;;/h(H3,3,4)(H,5,6);2*1H. The van der Waals surface area contributed by atoms with E-state index in [1.165, 1.54) is 0 Å². The van der Waals surface area contributed by atoms with E-state index in [1.54, 1.807) is 0 Å². The van der Waals surface area contributed by atoms with Crippen LogP contribution in [0, 0.1) is 5.41 Å². The Morgan fingerprint density at radius 2 is 1.62 bits per heavy atom. The lowest BCUT2D eigenvalue weighted by Crippen LogP contribution is -2.20. The van der Waals surface area contributed by atoms with Gasteiger partial charge in [0.25, 0.3) is 0 Å². The van der Waals surface area contributed by atoms with Crippen molar-refractivity contribution in [2.75, 3.05) is 0 Å². The maximum absolute atomic E-state index is 9.35. The van der Waals surface area contributed by atoms with Crippen LogP contribution >= 0.6 is 24.8 Å². The van der Waals surface area contributed by atoms with Crippen LogP contribution in [0.25, 0.3) is 0 Å². The third-order valence-electron chi connectivity index (χ3n) is 0.230. The van der Waals surface area contributed by atoms with Crippen LogP contribution in [0.5, 0.6) is 0 Å². The number of nitrogens with one attached hydrogen (secondary N) is 1. The number of carbonyl (C=O) groups is 1. The molecular weight excluding hydrogens is 155 g/mol. The van der Waals surface area contributed by atoms with Crippen molar-refractivity contribution < 1.29 is 9.90 Å². The van der Waals surface area contributed by atoms with Crippen molar-refractivity contribution in [2.24, 2.45) is 5.73 Å². The second-order valence-electron chi connectivity index (χ2n) is 0.719. The van der Waals surface area contributed by atoms with Crippen LogP contribution < -0.4 is 5.73 Å². The lowest BCUT2D eigenvalue weighted by atomic mass is 10.6. The molecule has 0 aromatic rings. The Balaban J connectivity index is -0.000000125. The molecule has 0 amide bonds. The maximum Gasteiger partial charge on any atom is 0.370 e. The van der Waals surface area contributed by atoms with Crippen molar-refractivity contribution in [1.82, 2.24) is 0 Å². The molecule has 0 bridgehead atoms. The van der Waals surface area contributed by atoms with Gasteiger partial charge >= 0.3 is 5.97 Å². The third kappa shape index (κ3) is 9.10. The maximum atomic E-state index is 9.35. The number of halogens is 2. The van der Waals surface area contributed by atoms with E-state index < -0.39 is 11.8 Å². The predicted molar refractivity (Wildman–Crippen MR) is 34.0 cm³/mol. The monoisotopic (exact) mass is 160 g/mol. The minimum absolute atomic E-state index is 0. The number of amidine groups is 1. The van der Waals surface area contributed by atoms with Gasteiger partial charge in [-0.1, -0.05) is 0 Å². The molecule has 0 rings (SSSR count). The van der Waals surface area contributed by atoms with E-state index in [9.17, 15) is 4.79 Å². The second-order valence-corrected chi connectivity index (χ2v) is 0.719. The van der Waals surface area contributed by atoms with Crippen molar-refractivity contribution in [1.29, 1.82) is 5.41 Å². The minimum atomic E-state index is -1.38. The van der Waals surface area contributed by atoms with Crippen LogP contribution in [0.3, 0.4) is 0 Å². The number of hydrogen-bond acceptors (Lipinski definition) is 2. The van der Waals surface area contributed by atoms with Crippen molar-refractivity contribution in [3.8, 4) is 0 Å². The van der Waals surface area contributed by atoms with E-state index in [2.05, 4.69) is 5.73 Å². The number of aliphatic carboxylic acids is 1. The molecule has 0 saturated carbocycles. The lowest BCUT2D eigenvalue weighted by Gasteiger charge is -1.78. The summed E-state index contributed by atoms with van der Waals surface area (Å²) in [7, 11) is 0. The molecule has 0 aliphatic rings. The van der Waals surface area contributed by atoms with Gasteiger partial charge in [0.05, 0.1) is 0 Å². The molecule has 4 N–H and O–H groups in total. The van der Waals surface area contributed by atoms with Crippen LogP contribution in [-0.4, -0.2) is 16.9 Å². The smallest absolute Gasteiger partial charge is 0.370 e. The Hall–Kier alpha value is -0.480. The fourth-order valence-electron chi connectivity index (χ4n) is 0. The van der Waals surface area contributed by atoms with Crippen LogP contribution in [0.4, 0.5) is 0 Å². The van der Waals surface area contributed by atoms with E-state index in [0.29, 0.717) is 0 Å². The van der Waals surface area contributed by atoms with Gasteiger partial charge in [-0.3, -0.25) is 5.41 Å². The highest BCUT2D eigenvalue weighted by molar-refractivity contribution is 6.32. The summed E-state index contributed by atoms with van der Waals surface area (Å²) in [6.45, 7) is 0. The molecule has 50 valence electrons. The molecule has 0 saturated heterocycles. The van der Waals surface area contributed by atoms with Crippen LogP contribution in [0.2, 0.25) is 0 Å². The summed E-state index contributed by atoms with van der Waals surface area (Å²) in [5, 5.41) is 13.8. The lowest BCUT2D eigenvalue weighted by molar-refractivity contribution is -0.129. The molecule has 0 aliphatic carbocycles. The summed E-state index contributed by atoms with van der Waals surface area (Å²) in [4.78, 5) is 9.35. The molecule has 0 spiro atoms. The number of nitrogens with two attached hydrogens (primary N) is 1. The Kier molecular flexibility index (Phi) is 12.8. The Morgan fingerprint density at radius 3 is 1.62 bits per heavy atom. The summed E-state index contributed by atoms with van der Waals surface area (Å²) in [5.41, 5.74) is 4.42. The average Bonchev–Trinajstić information content (AvgIpc) is 1.36. The Bertz CT molecular complexity index is 82.0. The first-order valence-electron chi connectivity index (χ1n) is 1.22. The van der Waals surface area contributed by atoms with E-state index in [-0.39, 0.29) is 24.8 Å². The van der Waals surface area contributed by atoms with E-state index in [4.69, 9.17) is 10.5 Å². The first kappa shape index (κ1) is 15.6. The molecule has 0 aromatic carbocycles. The van der Waals surface area contributed by atoms with Crippen LogP contribution in [-0.2, 0) is 4.79 Å². The minimum Gasteiger partial charge on any atom is -0.475 e. The molecule has 0 aromatic heterocycles. The highest BCUT2D eigenvalue weighted by atomic mass is 35.5. The van der Waals surface area contributed by atoms with Gasteiger partial charge < -0.3 is 10.8 Å². The van der Waals surface area contributed by atoms with Gasteiger partial charge in [0.2, 0.25) is 5.84 Å². The quantitative estimate of drug-likeness (QED) is 0.341. The normalized spacial score (nSPS) is 5.50. The molecule has 0 heterocycles. The number of carboxylic acids is 1. The van der Waals surface area contributed by atoms with Crippen LogP contribution in [0.1, 0.15) is 0 Å². The Labute approximate surface area is 58.4 Å². The molecule has 0 fully saturated rings. The number of rotatable bonds is 0. The van der Waals surface area contributed by atoms with Gasteiger partial charge in [-0.15, -0.1) is 24.8 Å². The number of carboxylic acid groups (broad SMARTS) is 1. The van der Waals surface area contributed by atoms with Gasteiger partial charge in [0, 0.05) is 0 Å².